The lowest BCUT2D eigenvalue weighted by Gasteiger charge is -2.21. The molecule has 0 aromatic carbocycles. The van der Waals surface area contributed by atoms with E-state index >= 15 is 0 Å². The molecule has 1 atom stereocenters. The molecule has 1 fully saturated rings. The number of hydrogen-bond donors (Lipinski definition) is 1. The number of nitrogens with zero attached hydrogens (tertiary/aromatic N) is 2. The summed E-state index contributed by atoms with van der Waals surface area (Å²) in [5.74, 6) is 3.91. The van der Waals surface area contributed by atoms with E-state index in [2.05, 4.69) is 56.7 Å². The Morgan fingerprint density at radius 1 is 1.50 bits per heavy atom. The average molecular weight is 299 g/mol. The van der Waals surface area contributed by atoms with Crippen LogP contribution in [-0.4, -0.2) is 38.4 Å². The van der Waals surface area contributed by atoms with E-state index in [1.807, 2.05) is 0 Å². The monoisotopic (exact) mass is 299 g/mol. The fraction of sp³-hybridized carbons (Fsp3) is 0.583. The van der Waals surface area contributed by atoms with Gasteiger partial charge in [-0.1, -0.05) is 0 Å². The highest BCUT2D eigenvalue weighted by Gasteiger charge is 2.14. The molecule has 1 N–H and O–H groups in total. The molecule has 1 aliphatic heterocycles. The van der Waals surface area contributed by atoms with Crippen LogP contribution in [0.3, 0.4) is 0 Å². The number of rotatable bonds is 4. The van der Waals surface area contributed by atoms with Crippen molar-refractivity contribution in [1.29, 1.82) is 0 Å². The molecule has 3 nitrogen and oxygen atoms in total. The number of aryl methyl sites for hydroxylation is 1. The summed E-state index contributed by atoms with van der Waals surface area (Å²) in [4.78, 5) is 5.67. The summed E-state index contributed by atoms with van der Waals surface area (Å²) in [6, 6.07) is 0. The third kappa shape index (κ3) is 2.71. The largest absolute Gasteiger partial charge is 0.310 e. The fourth-order valence-corrected chi connectivity index (χ4v) is 5.58. The van der Waals surface area contributed by atoms with Crippen LogP contribution in [-0.2, 0) is 6.54 Å². The minimum Gasteiger partial charge on any atom is -0.310 e. The highest BCUT2D eigenvalue weighted by molar-refractivity contribution is 8.06. The number of aromatic nitrogens is 2. The summed E-state index contributed by atoms with van der Waals surface area (Å²) >= 11 is 5.89. The molecule has 0 aliphatic carbocycles. The zero-order chi connectivity index (χ0) is 12.4. The number of thioether (sulfide) groups is 2. The minimum absolute atomic E-state index is 0.773. The molecule has 0 amide bonds. The second-order valence-corrected chi connectivity index (χ2v) is 7.83. The Kier molecular flexibility index (Phi) is 4.18. The smallest absolute Gasteiger partial charge is 0.194 e. The third-order valence-corrected chi connectivity index (χ3v) is 6.71. The molecule has 3 heterocycles. The van der Waals surface area contributed by atoms with Crippen molar-refractivity contribution in [1.82, 2.24) is 14.7 Å². The van der Waals surface area contributed by atoms with E-state index in [0.717, 1.165) is 29.0 Å². The van der Waals surface area contributed by atoms with E-state index in [4.69, 9.17) is 0 Å². The van der Waals surface area contributed by atoms with Crippen molar-refractivity contribution in [3.05, 3.63) is 23.0 Å². The molecule has 18 heavy (non-hydrogen) atoms. The standard InChI is InChI=1S/C12H17N3S3/c1-9-11(15-2-3-18-12(15)14-9)7-13-6-10-8-16-4-5-17-10/h2-3,10,13H,4-8H2,1H3. The van der Waals surface area contributed by atoms with E-state index in [1.54, 1.807) is 11.3 Å². The first-order chi connectivity index (χ1) is 8.84. The third-order valence-electron chi connectivity index (χ3n) is 3.11. The van der Waals surface area contributed by atoms with Crippen molar-refractivity contribution in [3.63, 3.8) is 0 Å². The Bertz CT molecular complexity index is 514. The molecule has 1 aliphatic rings. The summed E-state index contributed by atoms with van der Waals surface area (Å²) in [6.07, 6.45) is 2.11. The van der Waals surface area contributed by atoms with E-state index < -0.39 is 0 Å². The highest BCUT2D eigenvalue weighted by atomic mass is 32.2. The number of nitrogens with one attached hydrogen (secondary N) is 1. The van der Waals surface area contributed by atoms with Gasteiger partial charge in [-0.25, -0.2) is 4.98 Å². The first-order valence-corrected chi connectivity index (χ1v) is 9.24. The molecule has 2 aromatic heterocycles. The Hall–Kier alpha value is -0.170. The Labute approximate surface area is 120 Å². The highest BCUT2D eigenvalue weighted by Crippen LogP contribution is 2.23. The lowest BCUT2D eigenvalue weighted by atomic mass is 10.3. The van der Waals surface area contributed by atoms with Gasteiger partial charge in [-0.15, -0.1) is 11.3 Å². The minimum atomic E-state index is 0.773. The molecular formula is C12H17N3S3. The van der Waals surface area contributed by atoms with Gasteiger partial charge in [0.2, 0.25) is 0 Å². The molecule has 0 saturated carbocycles. The predicted molar refractivity (Wildman–Crippen MR) is 83.1 cm³/mol. The summed E-state index contributed by atoms with van der Waals surface area (Å²) in [7, 11) is 0. The SMILES string of the molecule is Cc1nc2sccn2c1CNCC1CSCCS1. The topological polar surface area (TPSA) is 29.3 Å². The molecular weight excluding hydrogens is 282 g/mol. The van der Waals surface area contributed by atoms with Crippen LogP contribution in [0.2, 0.25) is 0 Å². The molecule has 2 aromatic rings. The number of hydrogen-bond acceptors (Lipinski definition) is 5. The van der Waals surface area contributed by atoms with Crippen molar-refractivity contribution < 1.29 is 0 Å². The maximum absolute atomic E-state index is 4.57. The predicted octanol–water partition coefficient (Wildman–Crippen LogP) is 2.64. The Balaban J connectivity index is 1.59. The van der Waals surface area contributed by atoms with Gasteiger partial charge in [0.1, 0.15) is 0 Å². The Morgan fingerprint density at radius 3 is 3.28 bits per heavy atom. The molecule has 1 unspecified atom stereocenters. The van der Waals surface area contributed by atoms with Crippen molar-refractivity contribution in [2.45, 2.75) is 18.7 Å². The fourth-order valence-electron chi connectivity index (χ4n) is 2.16. The zero-order valence-corrected chi connectivity index (χ0v) is 12.8. The van der Waals surface area contributed by atoms with Gasteiger partial charge in [-0.3, -0.25) is 4.40 Å². The Morgan fingerprint density at radius 2 is 2.44 bits per heavy atom. The van der Waals surface area contributed by atoms with Crippen molar-refractivity contribution in [3.8, 4) is 0 Å². The average Bonchev–Trinajstić information content (AvgIpc) is 2.93. The molecule has 98 valence electrons. The van der Waals surface area contributed by atoms with Gasteiger partial charge in [0, 0.05) is 47.2 Å². The molecule has 0 spiro atoms. The van der Waals surface area contributed by atoms with Crippen LogP contribution in [0, 0.1) is 6.92 Å². The van der Waals surface area contributed by atoms with Gasteiger partial charge in [0.25, 0.3) is 0 Å². The van der Waals surface area contributed by atoms with E-state index in [1.165, 1.54) is 23.0 Å². The van der Waals surface area contributed by atoms with E-state index in [9.17, 15) is 0 Å². The van der Waals surface area contributed by atoms with Gasteiger partial charge < -0.3 is 5.32 Å². The van der Waals surface area contributed by atoms with E-state index in [0.29, 0.717) is 0 Å². The van der Waals surface area contributed by atoms with Crippen LogP contribution in [0.5, 0.6) is 0 Å². The van der Waals surface area contributed by atoms with Gasteiger partial charge in [-0.05, 0) is 6.92 Å². The van der Waals surface area contributed by atoms with Crippen LogP contribution >= 0.6 is 34.9 Å². The van der Waals surface area contributed by atoms with Crippen LogP contribution in [0.25, 0.3) is 4.96 Å². The zero-order valence-electron chi connectivity index (χ0n) is 10.4. The molecule has 0 radical (unpaired) electrons. The van der Waals surface area contributed by atoms with E-state index in [-0.39, 0.29) is 0 Å². The number of thiazole rings is 1. The second kappa shape index (κ2) is 5.86. The molecule has 3 rings (SSSR count). The van der Waals surface area contributed by atoms with Gasteiger partial charge >= 0.3 is 0 Å². The summed E-state index contributed by atoms with van der Waals surface area (Å²) in [5.41, 5.74) is 2.46. The van der Waals surface area contributed by atoms with Crippen molar-refractivity contribution >= 4 is 39.8 Å². The number of imidazole rings is 1. The van der Waals surface area contributed by atoms with Crippen LogP contribution < -0.4 is 5.32 Å². The lowest BCUT2D eigenvalue weighted by molar-refractivity contribution is 0.668. The second-order valence-electron chi connectivity index (χ2n) is 4.40. The van der Waals surface area contributed by atoms with Crippen molar-refractivity contribution in [2.24, 2.45) is 0 Å². The summed E-state index contributed by atoms with van der Waals surface area (Å²) in [6.45, 7) is 4.13. The van der Waals surface area contributed by atoms with Gasteiger partial charge in [0.15, 0.2) is 4.96 Å². The van der Waals surface area contributed by atoms with Crippen LogP contribution in [0.15, 0.2) is 11.6 Å². The summed E-state index contributed by atoms with van der Waals surface area (Å²) in [5, 5.41) is 6.46. The molecule has 6 heteroatoms. The van der Waals surface area contributed by atoms with Crippen LogP contribution in [0.4, 0.5) is 0 Å². The quantitative estimate of drug-likeness (QED) is 0.940. The maximum Gasteiger partial charge on any atom is 0.194 e. The number of fused-ring (bicyclic) bond motifs is 1. The van der Waals surface area contributed by atoms with Crippen molar-refractivity contribution in [2.75, 3.05) is 23.8 Å². The normalized spacial score (nSPS) is 20.6. The summed E-state index contributed by atoms with van der Waals surface area (Å²) < 4.78 is 2.20. The lowest BCUT2D eigenvalue weighted by Crippen LogP contribution is -2.29. The molecule has 1 saturated heterocycles. The van der Waals surface area contributed by atoms with Gasteiger partial charge in [-0.2, -0.15) is 23.5 Å². The first-order valence-electron chi connectivity index (χ1n) is 6.15. The van der Waals surface area contributed by atoms with Gasteiger partial charge in [0.05, 0.1) is 11.4 Å². The first kappa shape index (κ1) is 12.8. The maximum atomic E-state index is 4.57. The molecule has 0 bridgehead atoms. The van der Waals surface area contributed by atoms with Crippen LogP contribution in [0.1, 0.15) is 11.4 Å².